The molecule has 2 nitrogen and oxygen atoms in total. The van der Waals surface area contributed by atoms with Crippen molar-refractivity contribution in [1.29, 1.82) is 0 Å². The van der Waals surface area contributed by atoms with Crippen LogP contribution in [0.2, 0.25) is 0 Å². The number of hydrogen-bond donors (Lipinski definition) is 1. The van der Waals surface area contributed by atoms with Crippen LogP contribution < -0.4 is 9.80 Å². The van der Waals surface area contributed by atoms with E-state index in [1.165, 1.54) is 33.3 Å². The topological polar surface area (TPSA) is 12.0 Å². The Kier molecular flexibility index (Phi) is 4.59. The number of para-hydroxylation sites is 1. The normalized spacial score (nSPS) is 15.5. The number of anilines is 1. The maximum absolute atomic E-state index is 3.41. The van der Waals surface area contributed by atoms with Crippen LogP contribution in [0.5, 0.6) is 0 Å². The molecule has 0 saturated carbocycles. The minimum absolute atomic E-state index is 0.780. The Morgan fingerprint density at radius 3 is 2.41 bits per heavy atom. The molecule has 0 fully saturated rings. The SMILES string of the molecule is CCCC1=C(/C=C/Nc2ccccc2)[N+](C)(C)c2ccc3ccccc3c21. The van der Waals surface area contributed by atoms with Gasteiger partial charge in [-0.25, -0.2) is 0 Å². The molecule has 1 N–H and O–H groups in total. The summed E-state index contributed by atoms with van der Waals surface area (Å²) >= 11 is 0. The van der Waals surface area contributed by atoms with Crippen LogP contribution >= 0.6 is 0 Å². The van der Waals surface area contributed by atoms with Crippen molar-refractivity contribution < 1.29 is 0 Å². The lowest BCUT2D eigenvalue weighted by atomic mass is 9.95. The van der Waals surface area contributed by atoms with E-state index in [1.54, 1.807) is 0 Å². The summed E-state index contributed by atoms with van der Waals surface area (Å²) in [6, 6.07) is 23.6. The number of hydrogen-bond acceptors (Lipinski definition) is 1. The lowest BCUT2D eigenvalue weighted by Crippen LogP contribution is -2.36. The van der Waals surface area contributed by atoms with Gasteiger partial charge in [0.15, 0.2) is 0 Å². The second-order valence-electron chi connectivity index (χ2n) is 7.59. The molecule has 0 aromatic heterocycles. The number of benzene rings is 3. The van der Waals surface area contributed by atoms with Gasteiger partial charge in [0.05, 0.1) is 19.7 Å². The first kappa shape index (κ1) is 17.6. The summed E-state index contributed by atoms with van der Waals surface area (Å²) in [6.45, 7) is 2.26. The second kappa shape index (κ2) is 7.05. The van der Waals surface area contributed by atoms with Crippen molar-refractivity contribution >= 4 is 27.7 Å². The zero-order valence-electron chi connectivity index (χ0n) is 16.4. The molecule has 0 bridgehead atoms. The zero-order valence-corrected chi connectivity index (χ0v) is 16.4. The Morgan fingerprint density at radius 2 is 1.63 bits per heavy atom. The lowest BCUT2D eigenvalue weighted by molar-refractivity contribution is 0.520. The Bertz CT molecular complexity index is 1030. The fourth-order valence-corrected chi connectivity index (χ4v) is 4.18. The predicted molar refractivity (Wildman–Crippen MR) is 119 cm³/mol. The molecule has 0 radical (unpaired) electrons. The quantitative estimate of drug-likeness (QED) is 0.511. The summed E-state index contributed by atoms with van der Waals surface area (Å²) in [5.41, 5.74) is 6.76. The third-order valence-corrected chi connectivity index (χ3v) is 5.49. The van der Waals surface area contributed by atoms with E-state index in [2.05, 4.69) is 99.3 Å². The number of quaternary nitrogens is 1. The van der Waals surface area contributed by atoms with E-state index in [4.69, 9.17) is 0 Å². The van der Waals surface area contributed by atoms with Crippen LogP contribution in [0.1, 0.15) is 25.3 Å². The molecule has 1 heterocycles. The molecule has 4 rings (SSSR count). The van der Waals surface area contributed by atoms with Crippen molar-refractivity contribution in [3.8, 4) is 0 Å². The van der Waals surface area contributed by atoms with Gasteiger partial charge in [-0.1, -0.05) is 55.8 Å². The van der Waals surface area contributed by atoms with E-state index < -0.39 is 0 Å². The van der Waals surface area contributed by atoms with E-state index in [0.717, 1.165) is 23.0 Å². The van der Waals surface area contributed by atoms with E-state index in [0.29, 0.717) is 0 Å². The number of rotatable bonds is 5. The van der Waals surface area contributed by atoms with Crippen LogP contribution in [0.4, 0.5) is 11.4 Å². The van der Waals surface area contributed by atoms with E-state index in [1.807, 2.05) is 6.07 Å². The molecule has 3 aromatic carbocycles. The van der Waals surface area contributed by atoms with Gasteiger partial charge in [0.25, 0.3) is 0 Å². The zero-order chi connectivity index (χ0) is 18.9. The number of fused-ring (bicyclic) bond motifs is 3. The molecule has 1 aliphatic rings. The minimum Gasteiger partial charge on any atom is -0.361 e. The van der Waals surface area contributed by atoms with Crippen molar-refractivity contribution in [2.24, 2.45) is 0 Å². The molecule has 0 amide bonds. The first-order valence-electron chi connectivity index (χ1n) is 9.71. The van der Waals surface area contributed by atoms with E-state index >= 15 is 0 Å². The van der Waals surface area contributed by atoms with Crippen LogP contribution in [0.25, 0.3) is 16.3 Å². The Labute approximate surface area is 162 Å². The van der Waals surface area contributed by atoms with Crippen molar-refractivity contribution in [3.05, 3.63) is 90.3 Å². The average molecular weight is 356 g/mol. The van der Waals surface area contributed by atoms with E-state index in [-0.39, 0.29) is 0 Å². The second-order valence-corrected chi connectivity index (χ2v) is 7.59. The van der Waals surface area contributed by atoms with Gasteiger partial charge in [-0.15, -0.1) is 0 Å². The average Bonchev–Trinajstić information content (AvgIpc) is 2.90. The first-order chi connectivity index (χ1) is 13.1. The summed E-state index contributed by atoms with van der Waals surface area (Å²) < 4.78 is 0.780. The van der Waals surface area contributed by atoms with E-state index in [9.17, 15) is 0 Å². The van der Waals surface area contributed by atoms with Crippen LogP contribution in [0, 0.1) is 0 Å². The van der Waals surface area contributed by atoms with Gasteiger partial charge < -0.3 is 5.32 Å². The predicted octanol–water partition coefficient (Wildman–Crippen LogP) is 6.56. The molecule has 3 aromatic rings. The summed E-state index contributed by atoms with van der Waals surface area (Å²) in [7, 11) is 4.58. The highest BCUT2D eigenvalue weighted by molar-refractivity contribution is 6.03. The lowest BCUT2D eigenvalue weighted by Gasteiger charge is -2.26. The molecule has 136 valence electrons. The van der Waals surface area contributed by atoms with Crippen LogP contribution in [-0.2, 0) is 0 Å². The van der Waals surface area contributed by atoms with Crippen LogP contribution in [0.3, 0.4) is 0 Å². The molecule has 0 unspecified atom stereocenters. The third-order valence-electron chi connectivity index (χ3n) is 5.49. The highest BCUT2D eigenvalue weighted by atomic mass is 15.3. The van der Waals surface area contributed by atoms with Crippen molar-refractivity contribution in [3.63, 3.8) is 0 Å². The Balaban J connectivity index is 1.81. The maximum atomic E-state index is 3.41. The summed E-state index contributed by atoms with van der Waals surface area (Å²) in [5, 5.41) is 6.09. The highest BCUT2D eigenvalue weighted by Crippen LogP contribution is 2.48. The largest absolute Gasteiger partial charge is 0.361 e. The molecule has 1 aliphatic heterocycles. The molecule has 0 aliphatic carbocycles. The monoisotopic (exact) mass is 355 g/mol. The number of nitrogens with one attached hydrogen (secondary N) is 1. The smallest absolute Gasteiger partial charge is 0.145 e. The molecular weight excluding hydrogens is 328 g/mol. The Morgan fingerprint density at radius 1 is 0.889 bits per heavy atom. The molecule has 0 atom stereocenters. The van der Waals surface area contributed by atoms with Crippen LogP contribution in [0.15, 0.2) is 84.7 Å². The number of allylic oxidation sites excluding steroid dienone is 2. The van der Waals surface area contributed by atoms with Gasteiger partial charge in [-0.3, -0.25) is 4.48 Å². The fourth-order valence-electron chi connectivity index (χ4n) is 4.18. The highest BCUT2D eigenvalue weighted by Gasteiger charge is 2.38. The standard InChI is InChI=1S/C25H27N2/c1-4-10-22-23(17-18-26-20-12-6-5-7-13-20)27(2,3)24-16-15-19-11-8-9-14-21(19)25(22)24/h5-9,11-18,26H,4,10H2,1-3H3/q+1/b18-17+. The van der Waals surface area contributed by atoms with Gasteiger partial charge in [-0.05, 0) is 35.4 Å². The number of nitrogens with zero attached hydrogens (tertiary/aromatic N) is 1. The van der Waals surface area contributed by atoms with Gasteiger partial charge in [-0.2, -0.15) is 0 Å². The molecule has 0 spiro atoms. The molecule has 2 heteroatoms. The number of likely N-dealkylation sites (N-methyl/N-ethyl adjacent to an activating group) is 1. The Hall–Kier alpha value is -2.84. The molecule has 27 heavy (non-hydrogen) atoms. The van der Waals surface area contributed by atoms with Crippen molar-refractivity contribution in [2.45, 2.75) is 19.8 Å². The van der Waals surface area contributed by atoms with Gasteiger partial charge in [0.1, 0.15) is 11.4 Å². The van der Waals surface area contributed by atoms with Crippen molar-refractivity contribution in [1.82, 2.24) is 4.48 Å². The van der Waals surface area contributed by atoms with Gasteiger partial charge >= 0.3 is 0 Å². The summed E-state index contributed by atoms with van der Waals surface area (Å²) in [6.07, 6.45) is 6.57. The summed E-state index contributed by atoms with van der Waals surface area (Å²) in [4.78, 5) is 0. The minimum atomic E-state index is 0.780. The molecular formula is C25H27N2+. The first-order valence-corrected chi connectivity index (χ1v) is 9.71. The van der Waals surface area contributed by atoms with Gasteiger partial charge in [0, 0.05) is 29.6 Å². The fraction of sp³-hybridized carbons (Fsp3) is 0.200. The van der Waals surface area contributed by atoms with Crippen molar-refractivity contribution in [2.75, 3.05) is 19.4 Å². The third kappa shape index (κ3) is 3.07. The van der Waals surface area contributed by atoms with Gasteiger partial charge in [0.2, 0.25) is 0 Å². The maximum Gasteiger partial charge on any atom is 0.145 e. The molecule has 0 saturated heterocycles. The summed E-state index contributed by atoms with van der Waals surface area (Å²) in [5.74, 6) is 0. The van der Waals surface area contributed by atoms with Crippen LogP contribution in [-0.4, -0.2) is 14.1 Å².